The minimum atomic E-state index is -0.658. The molecule has 3 aromatic rings. The van der Waals surface area contributed by atoms with Crippen LogP contribution in [0, 0.1) is 17.4 Å². The number of rotatable bonds is 2. The van der Waals surface area contributed by atoms with Crippen LogP contribution in [-0.2, 0) is 7.05 Å². The van der Waals surface area contributed by atoms with Crippen LogP contribution in [0.25, 0.3) is 10.9 Å². The highest BCUT2D eigenvalue weighted by Gasteiger charge is 2.16. The lowest BCUT2D eigenvalue weighted by molar-refractivity contribution is 0.0968. The summed E-state index contributed by atoms with van der Waals surface area (Å²) >= 11 is 0. The SMILES string of the molecule is Cn1cc(C(=O)NC(=O)Nc2cccc(C#N)c2)c2cc[c]cc21. The number of aromatic nitrogens is 1. The lowest BCUT2D eigenvalue weighted by Gasteiger charge is -2.06. The normalized spacial score (nSPS) is 10.2. The van der Waals surface area contributed by atoms with Gasteiger partial charge in [-0.05, 0) is 30.3 Å². The number of carbonyl (C=O) groups excluding carboxylic acids is 2. The number of imide groups is 1. The van der Waals surface area contributed by atoms with Crippen LogP contribution in [0.5, 0.6) is 0 Å². The van der Waals surface area contributed by atoms with Crippen molar-refractivity contribution in [2.45, 2.75) is 0 Å². The molecule has 24 heavy (non-hydrogen) atoms. The van der Waals surface area contributed by atoms with E-state index in [0.29, 0.717) is 16.8 Å². The van der Waals surface area contributed by atoms with E-state index in [0.717, 1.165) is 10.9 Å². The monoisotopic (exact) mass is 317 g/mol. The second-order valence-corrected chi connectivity index (χ2v) is 5.20. The van der Waals surface area contributed by atoms with E-state index in [1.165, 1.54) is 6.07 Å². The number of anilines is 1. The molecule has 0 aliphatic heterocycles. The van der Waals surface area contributed by atoms with Gasteiger partial charge in [-0.25, -0.2) is 4.79 Å². The smallest absolute Gasteiger partial charge is 0.326 e. The summed E-state index contributed by atoms with van der Waals surface area (Å²) in [7, 11) is 1.82. The topological polar surface area (TPSA) is 86.9 Å². The average molecular weight is 317 g/mol. The third kappa shape index (κ3) is 2.96. The molecule has 0 fully saturated rings. The summed E-state index contributed by atoms with van der Waals surface area (Å²) < 4.78 is 1.80. The van der Waals surface area contributed by atoms with Gasteiger partial charge in [0, 0.05) is 29.8 Å². The Morgan fingerprint density at radius 1 is 1.29 bits per heavy atom. The van der Waals surface area contributed by atoms with Crippen molar-refractivity contribution in [2.75, 3.05) is 5.32 Å². The first-order valence-corrected chi connectivity index (χ1v) is 7.16. The first kappa shape index (κ1) is 15.3. The minimum absolute atomic E-state index is 0.405. The molecule has 2 N–H and O–H groups in total. The molecule has 0 unspecified atom stereocenters. The Labute approximate surface area is 138 Å². The second kappa shape index (κ2) is 6.26. The first-order chi connectivity index (χ1) is 11.6. The third-order valence-electron chi connectivity index (χ3n) is 3.56. The van der Waals surface area contributed by atoms with E-state index in [9.17, 15) is 9.59 Å². The van der Waals surface area contributed by atoms with E-state index in [4.69, 9.17) is 5.26 Å². The van der Waals surface area contributed by atoms with Crippen molar-refractivity contribution in [3.8, 4) is 6.07 Å². The number of fused-ring (bicyclic) bond motifs is 1. The summed E-state index contributed by atoms with van der Waals surface area (Å²) in [5.41, 5.74) is 2.11. The Hall–Kier alpha value is -3.59. The molecular formula is C18H13N4O2. The highest BCUT2D eigenvalue weighted by atomic mass is 16.2. The standard InChI is InChI=1S/C18H13N4O2/c1-22-11-15(14-7-2-3-8-16(14)22)17(23)21-18(24)20-13-6-4-5-12(9-13)10-19/h2,4-9,11H,1H3,(H2,20,21,23,24). The fraction of sp³-hybridized carbons (Fsp3) is 0.0556. The Morgan fingerprint density at radius 2 is 2.12 bits per heavy atom. The number of hydrogen-bond acceptors (Lipinski definition) is 3. The lowest BCUT2D eigenvalue weighted by atomic mass is 10.1. The van der Waals surface area contributed by atoms with Crippen LogP contribution < -0.4 is 10.6 Å². The number of nitrogens with one attached hydrogen (secondary N) is 2. The van der Waals surface area contributed by atoms with Gasteiger partial charge in [0.15, 0.2) is 0 Å². The summed E-state index contributed by atoms with van der Waals surface area (Å²) in [6.07, 6.45) is 1.66. The van der Waals surface area contributed by atoms with Gasteiger partial charge in [-0.1, -0.05) is 18.2 Å². The van der Waals surface area contributed by atoms with Gasteiger partial charge in [0.05, 0.1) is 17.2 Å². The quantitative estimate of drug-likeness (QED) is 0.762. The first-order valence-electron chi connectivity index (χ1n) is 7.16. The number of hydrogen-bond donors (Lipinski definition) is 2. The molecule has 0 saturated heterocycles. The van der Waals surface area contributed by atoms with Crippen molar-refractivity contribution in [1.82, 2.24) is 9.88 Å². The zero-order chi connectivity index (χ0) is 17.1. The van der Waals surface area contributed by atoms with Gasteiger partial charge in [-0.2, -0.15) is 5.26 Å². The maximum atomic E-state index is 12.3. The predicted molar refractivity (Wildman–Crippen MR) is 89.4 cm³/mol. The molecule has 0 atom stereocenters. The molecule has 0 bridgehead atoms. The molecular weight excluding hydrogens is 304 g/mol. The van der Waals surface area contributed by atoms with Crippen molar-refractivity contribution in [3.05, 3.63) is 65.9 Å². The lowest BCUT2D eigenvalue weighted by Crippen LogP contribution is -2.34. The Morgan fingerprint density at radius 3 is 2.92 bits per heavy atom. The predicted octanol–water partition coefficient (Wildman–Crippen LogP) is 2.81. The van der Waals surface area contributed by atoms with E-state index in [2.05, 4.69) is 16.7 Å². The van der Waals surface area contributed by atoms with Crippen molar-refractivity contribution >= 4 is 28.5 Å². The van der Waals surface area contributed by atoms with Gasteiger partial charge in [-0.3, -0.25) is 10.1 Å². The zero-order valence-electron chi connectivity index (χ0n) is 12.8. The summed E-state index contributed by atoms with van der Waals surface area (Å²) in [5, 5.41) is 14.4. The van der Waals surface area contributed by atoms with Crippen LogP contribution >= 0.6 is 0 Å². The van der Waals surface area contributed by atoms with Crippen LogP contribution in [0.4, 0.5) is 10.5 Å². The fourth-order valence-electron chi connectivity index (χ4n) is 2.45. The molecule has 1 aromatic heterocycles. The summed E-state index contributed by atoms with van der Waals surface area (Å²) in [6, 6.07) is 16.0. The zero-order valence-corrected chi connectivity index (χ0v) is 12.8. The molecule has 0 aliphatic rings. The van der Waals surface area contributed by atoms with Crippen LogP contribution in [0.2, 0.25) is 0 Å². The Bertz CT molecular complexity index is 982. The minimum Gasteiger partial charge on any atom is -0.350 e. The molecule has 1 heterocycles. The molecule has 6 nitrogen and oxygen atoms in total. The molecule has 117 valence electrons. The summed E-state index contributed by atoms with van der Waals surface area (Å²) in [6.45, 7) is 0. The number of benzene rings is 2. The largest absolute Gasteiger partial charge is 0.350 e. The van der Waals surface area contributed by atoms with Gasteiger partial charge in [-0.15, -0.1) is 0 Å². The molecule has 2 aromatic carbocycles. The van der Waals surface area contributed by atoms with Crippen LogP contribution in [-0.4, -0.2) is 16.5 Å². The van der Waals surface area contributed by atoms with E-state index >= 15 is 0 Å². The second-order valence-electron chi connectivity index (χ2n) is 5.20. The van der Waals surface area contributed by atoms with Gasteiger partial charge in [0.1, 0.15) is 0 Å². The molecule has 6 heteroatoms. The van der Waals surface area contributed by atoms with E-state index in [-0.39, 0.29) is 0 Å². The number of urea groups is 1. The Kier molecular flexibility index (Phi) is 4.00. The molecule has 3 amide bonds. The van der Waals surface area contributed by atoms with Gasteiger partial charge < -0.3 is 9.88 Å². The van der Waals surface area contributed by atoms with Crippen LogP contribution in [0.15, 0.2) is 48.7 Å². The van der Waals surface area contributed by atoms with Gasteiger partial charge >= 0.3 is 6.03 Å². The number of aryl methyl sites for hydroxylation is 1. The molecule has 0 aliphatic carbocycles. The third-order valence-corrected chi connectivity index (χ3v) is 3.56. The van der Waals surface area contributed by atoms with Gasteiger partial charge in [0.2, 0.25) is 0 Å². The number of amides is 3. The summed E-state index contributed by atoms with van der Waals surface area (Å²) in [4.78, 5) is 24.3. The highest BCUT2D eigenvalue weighted by Crippen LogP contribution is 2.20. The number of carbonyl (C=O) groups is 2. The Balaban J connectivity index is 1.76. The molecule has 0 saturated carbocycles. The molecule has 0 spiro atoms. The maximum Gasteiger partial charge on any atom is 0.326 e. The molecule has 1 radical (unpaired) electrons. The van der Waals surface area contributed by atoms with Crippen molar-refractivity contribution < 1.29 is 9.59 Å². The van der Waals surface area contributed by atoms with Crippen molar-refractivity contribution in [3.63, 3.8) is 0 Å². The fourth-order valence-corrected chi connectivity index (χ4v) is 2.45. The van der Waals surface area contributed by atoms with E-state index in [1.807, 2.05) is 13.1 Å². The van der Waals surface area contributed by atoms with Crippen LogP contribution in [0.1, 0.15) is 15.9 Å². The average Bonchev–Trinajstić information content (AvgIpc) is 2.92. The van der Waals surface area contributed by atoms with Crippen LogP contribution in [0.3, 0.4) is 0 Å². The van der Waals surface area contributed by atoms with Gasteiger partial charge in [0.25, 0.3) is 5.91 Å². The highest BCUT2D eigenvalue weighted by molar-refractivity contribution is 6.13. The summed E-state index contributed by atoms with van der Waals surface area (Å²) in [5.74, 6) is -0.499. The van der Waals surface area contributed by atoms with Crippen molar-refractivity contribution in [2.24, 2.45) is 7.05 Å². The van der Waals surface area contributed by atoms with Crippen molar-refractivity contribution in [1.29, 1.82) is 5.26 Å². The molecule has 3 rings (SSSR count). The maximum absolute atomic E-state index is 12.3. The number of nitrogens with zero attached hydrogens (tertiary/aromatic N) is 2. The van der Waals surface area contributed by atoms with E-state index in [1.54, 1.807) is 47.2 Å². The number of nitriles is 1. The van der Waals surface area contributed by atoms with E-state index < -0.39 is 11.9 Å².